The molecular weight excluding hydrogens is 350 g/mol. The molecule has 1 aromatic carbocycles. The summed E-state index contributed by atoms with van der Waals surface area (Å²) in [6, 6.07) is 10.4. The maximum atomic E-state index is 12.2. The first-order valence-electron chi connectivity index (χ1n) is 7.76. The van der Waals surface area contributed by atoms with Crippen LogP contribution in [0.4, 0.5) is 5.69 Å². The van der Waals surface area contributed by atoms with Crippen molar-refractivity contribution in [1.82, 2.24) is 9.97 Å². The van der Waals surface area contributed by atoms with Gasteiger partial charge in [-0.05, 0) is 35.9 Å². The number of Topliss-reactive ketones (excluding diaryl/α,β-unsaturated/α-hetero) is 1. The minimum Gasteiger partial charge on any atom is -0.326 e. The summed E-state index contributed by atoms with van der Waals surface area (Å²) in [5.41, 5.74) is 1.76. The number of pyridine rings is 1. The maximum Gasteiger partial charge on any atom is 0.266 e. The molecule has 6 nitrogen and oxygen atoms in total. The second-order valence-electron chi connectivity index (χ2n) is 5.48. The van der Waals surface area contributed by atoms with E-state index in [2.05, 4.69) is 15.3 Å². The van der Waals surface area contributed by atoms with Crippen LogP contribution in [-0.2, 0) is 4.79 Å². The highest BCUT2D eigenvalue weighted by Crippen LogP contribution is 2.09. The van der Waals surface area contributed by atoms with Gasteiger partial charge in [-0.1, -0.05) is 12.1 Å². The number of anilines is 1. The van der Waals surface area contributed by atoms with Gasteiger partial charge in [-0.3, -0.25) is 19.4 Å². The lowest BCUT2D eigenvalue weighted by molar-refractivity contribution is -0.114. The van der Waals surface area contributed by atoms with Crippen LogP contribution in [0.5, 0.6) is 0 Å². The number of hydrogen-bond donors (Lipinski definition) is 2. The Morgan fingerprint density at radius 3 is 2.46 bits per heavy atom. The van der Waals surface area contributed by atoms with E-state index in [1.807, 2.05) is 0 Å². The number of ketones is 1. The molecule has 0 bridgehead atoms. The summed E-state index contributed by atoms with van der Waals surface area (Å²) in [5.74, 6) is -0.341. The predicted molar refractivity (Wildman–Crippen MR) is 102 cm³/mol. The molecule has 130 valence electrons. The molecule has 1 amide bonds. The van der Waals surface area contributed by atoms with Gasteiger partial charge in [0, 0.05) is 36.6 Å². The SMILES string of the molecule is CC(=O)Nc1ccc(/C=c2/s/c(=C\C(=O)c3ccncc3)[nH]c2=O)cc1. The van der Waals surface area contributed by atoms with Crippen LogP contribution in [0, 0.1) is 0 Å². The van der Waals surface area contributed by atoms with Gasteiger partial charge in [0.2, 0.25) is 5.91 Å². The van der Waals surface area contributed by atoms with Gasteiger partial charge in [-0.25, -0.2) is 0 Å². The first-order valence-corrected chi connectivity index (χ1v) is 8.57. The fourth-order valence-corrected chi connectivity index (χ4v) is 3.15. The highest BCUT2D eigenvalue weighted by Gasteiger charge is 2.03. The summed E-state index contributed by atoms with van der Waals surface area (Å²) >= 11 is 1.21. The summed E-state index contributed by atoms with van der Waals surface area (Å²) in [4.78, 5) is 41.9. The second kappa shape index (κ2) is 7.71. The Morgan fingerprint density at radius 1 is 1.12 bits per heavy atom. The number of amides is 1. The molecule has 0 aliphatic heterocycles. The van der Waals surface area contributed by atoms with E-state index >= 15 is 0 Å². The molecule has 0 aliphatic carbocycles. The summed E-state index contributed by atoms with van der Waals surface area (Å²) in [6.07, 6.45) is 6.22. The summed E-state index contributed by atoms with van der Waals surface area (Å²) < 4.78 is 0.976. The average Bonchev–Trinajstić information content (AvgIpc) is 2.96. The molecule has 7 heteroatoms. The van der Waals surface area contributed by atoms with Gasteiger partial charge >= 0.3 is 0 Å². The summed E-state index contributed by atoms with van der Waals surface area (Å²) in [5, 5.41) is 2.68. The quantitative estimate of drug-likeness (QED) is 0.682. The molecule has 2 heterocycles. The number of aromatic amines is 1. The molecule has 2 aromatic heterocycles. The minimum atomic E-state index is -0.255. The summed E-state index contributed by atoms with van der Waals surface area (Å²) in [6.45, 7) is 1.44. The van der Waals surface area contributed by atoms with Gasteiger partial charge in [0.05, 0.1) is 9.20 Å². The molecule has 26 heavy (non-hydrogen) atoms. The first-order chi connectivity index (χ1) is 12.5. The molecule has 3 aromatic rings. The standard InChI is InChI=1S/C19H15N3O3S/c1-12(23)21-15-4-2-13(3-5-15)10-17-19(25)22-18(26-17)11-16(24)14-6-8-20-9-7-14/h2-11H,1H3,(H,21,23)(H,22,25)/b17-10+,18-11-. The van der Waals surface area contributed by atoms with Crippen LogP contribution in [0.2, 0.25) is 0 Å². The zero-order chi connectivity index (χ0) is 18.5. The van der Waals surface area contributed by atoms with Crippen molar-refractivity contribution in [3.63, 3.8) is 0 Å². The van der Waals surface area contributed by atoms with Gasteiger partial charge in [-0.2, -0.15) is 0 Å². The first kappa shape index (κ1) is 17.5. The number of benzene rings is 1. The predicted octanol–water partition coefficient (Wildman–Crippen LogP) is 1.28. The fourth-order valence-electron chi connectivity index (χ4n) is 2.26. The van der Waals surface area contributed by atoms with Crippen LogP contribution in [-0.4, -0.2) is 21.7 Å². The zero-order valence-electron chi connectivity index (χ0n) is 13.9. The molecule has 0 saturated heterocycles. The molecule has 0 atom stereocenters. The van der Waals surface area contributed by atoms with E-state index in [4.69, 9.17) is 0 Å². The third-order valence-electron chi connectivity index (χ3n) is 3.44. The van der Waals surface area contributed by atoms with E-state index in [-0.39, 0.29) is 17.2 Å². The number of aromatic nitrogens is 2. The molecule has 0 unspecified atom stereocenters. The number of nitrogens with one attached hydrogen (secondary N) is 2. The number of rotatable bonds is 4. The highest BCUT2D eigenvalue weighted by atomic mass is 32.1. The van der Waals surface area contributed by atoms with E-state index in [1.165, 1.54) is 24.3 Å². The van der Waals surface area contributed by atoms with Crippen molar-refractivity contribution in [2.75, 3.05) is 5.32 Å². The Morgan fingerprint density at radius 2 is 1.81 bits per heavy atom. The highest BCUT2D eigenvalue weighted by molar-refractivity contribution is 7.07. The molecule has 0 saturated carbocycles. The number of carbonyl (C=O) groups is 2. The van der Waals surface area contributed by atoms with Crippen LogP contribution in [0.3, 0.4) is 0 Å². The van der Waals surface area contributed by atoms with Crippen molar-refractivity contribution in [1.29, 1.82) is 0 Å². The molecule has 2 N–H and O–H groups in total. The zero-order valence-corrected chi connectivity index (χ0v) is 14.7. The van der Waals surface area contributed by atoms with Crippen LogP contribution in [0.25, 0.3) is 12.2 Å². The molecule has 0 fully saturated rings. The van der Waals surface area contributed by atoms with Crippen LogP contribution < -0.4 is 20.1 Å². The van der Waals surface area contributed by atoms with Crippen LogP contribution in [0.1, 0.15) is 22.8 Å². The third kappa shape index (κ3) is 4.40. The Labute approximate surface area is 152 Å². The Kier molecular flexibility index (Phi) is 5.19. The third-order valence-corrected chi connectivity index (χ3v) is 4.40. The monoisotopic (exact) mass is 365 g/mol. The lowest BCUT2D eigenvalue weighted by atomic mass is 10.2. The molecule has 0 aliphatic rings. The minimum absolute atomic E-state index is 0.143. The number of carbonyl (C=O) groups excluding carboxylic acids is 2. The lowest BCUT2D eigenvalue weighted by Gasteiger charge is -2.01. The van der Waals surface area contributed by atoms with Gasteiger partial charge in [-0.15, -0.1) is 11.3 Å². The van der Waals surface area contributed by atoms with E-state index < -0.39 is 0 Å². The van der Waals surface area contributed by atoms with Crippen molar-refractivity contribution in [2.24, 2.45) is 0 Å². The number of thiazole rings is 1. The Balaban J connectivity index is 1.89. The normalized spacial score (nSPS) is 12.2. The van der Waals surface area contributed by atoms with E-state index in [0.29, 0.717) is 20.4 Å². The van der Waals surface area contributed by atoms with Crippen molar-refractivity contribution in [3.8, 4) is 0 Å². The average molecular weight is 365 g/mol. The van der Waals surface area contributed by atoms with Crippen molar-refractivity contribution in [2.45, 2.75) is 6.92 Å². The number of H-pyrrole nitrogens is 1. The smallest absolute Gasteiger partial charge is 0.266 e. The van der Waals surface area contributed by atoms with E-state index in [0.717, 1.165) is 5.56 Å². The van der Waals surface area contributed by atoms with Crippen LogP contribution >= 0.6 is 11.3 Å². The van der Waals surface area contributed by atoms with E-state index in [1.54, 1.807) is 54.9 Å². The van der Waals surface area contributed by atoms with Crippen molar-refractivity contribution < 1.29 is 9.59 Å². The molecule has 3 rings (SSSR count). The maximum absolute atomic E-state index is 12.2. The topological polar surface area (TPSA) is 91.9 Å². The number of hydrogen-bond acceptors (Lipinski definition) is 5. The van der Waals surface area contributed by atoms with Gasteiger partial charge in [0.15, 0.2) is 5.78 Å². The Bertz CT molecular complexity index is 1110. The largest absolute Gasteiger partial charge is 0.326 e. The van der Waals surface area contributed by atoms with Gasteiger partial charge < -0.3 is 10.3 Å². The lowest BCUT2D eigenvalue weighted by Crippen LogP contribution is -2.20. The molecular formula is C19H15N3O3S. The van der Waals surface area contributed by atoms with Crippen LogP contribution in [0.15, 0.2) is 53.6 Å². The fraction of sp³-hybridized carbons (Fsp3) is 0.0526. The number of nitrogens with zero attached hydrogens (tertiary/aromatic N) is 1. The Hall–Kier alpha value is -3.32. The van der Waals surface area contributed by atoms with Gasteiger partial charge in [0.1, 0.15) is 0 Å². The second-order valence-corrected chi connectivity index (χ2v) is 6.56. The molecule has 0 radical (unpaired) electrons. The summed E-state index contributed by atoms with van der Waals surface area (Å²) in [7, 11) is 0. The van der Waals surface area contributed by atoms with Crippen molar-refractivity contribution in [3.05, 3.63) is 79.5 Å². The van der Waals surface area contributed by atoms with Crippen molar-refractivity contribution >= 4 is 40.9 Å². The molecule has 0 spiro atoms. The van der Waals surface area contributed by atoms with Gasteiger partial charge in [0.25, 0.3) is 5.56 Å². The van der Waals surface area contributed by atoms with E-state index in [9.17, 15) is 14.4 Å².